The van der Waals surface area contributed by atoms with Gasteiger partial charge in [0.15, 0.2) is 0 Å². The van der Waals surface area contributed by atoms with Gasteiger partial charge in [-0.1, -0.05) is 18.2 Å². The molecule has 1 aromatic rings. The van der Waals surface area contributed by atoms with Crippen LogP contribution in [0.15, 0.2) is 36.2 Å². The molecule has 0 spiro atoms. The van der Waals surface area contributed by atoms with Crippen molar-refractivity contribution in [2.45, 2.75) is 75.6 Å². The predicted molar refractivity (Wildman–Crippen MR) is 149 cm³/mol. The van der Waals surface area contributed by atoms with Crippen molar-refractivity contribution in [1.82, 2.24) is 30.9 Å². The van der Waals surface area contributed by atoms with Gasteiger partial charge in [0.05, 0.1) is 36.6 Å². The summed E-state index contributed by atoms with van der Waals surface area (Å²) >= 11 is 0. The molecular formula is C29H44FN7O2. The largest absolute Gasteiger partial charge is 0.389 e. The number of fused-ring (bicyclic) bond motifs is 6. The van der Waals surface area contributed by atoms with Gasteiger partial charge in [-0.2, -0.15) is 5.01 Å². The van der Waals surface area contributed by atoms with Crippen LogP contribution in [0.25, 0.3) is 0 Å². The molecule has 0 aromatic heterocycles. The standard InChI is InChI=1S/C29H44FN7O2/c1-29(39)12-4-5-21(30)19-36-28(38)23-18-31-25(33-27(23)37(36)26-7-3-6-24(29)32-26)17-20-8-10-22(11-9-20)35-15-13-34(2)14-16-35/h5,8-11,23-27,31-33,39H,3-4,6-7,12-19H2,1-2H3/b21-5+. The second kappa shape index (κ2) is 11.1. The molecule has 0 saturated carbocycles. The summed E-state index contributed by atoms with van der Waals surface area (Å²) < 4.78 is 15.0. The van der Waals surface area contributed by atoms with E-state index in [0.717, 1.165) is 51.9 Å². The van der Waals surface area contributed by atoms with Crippen LogP contribution in [-0.4, -0.2) is 102 Å². The van der Waals surface area contributed by atoms with Gasteiger partial charge in [-0.3, -0.25) is 20.4 Å². The maximum absolute atomic E-state index is 15.0. The Morgan fingerprint density at radius 1 is 1.10 bits per heavy atom. The van der Waals surface area contributed by atoms with E-state index in [0.29, 0.717) is 19.4 Å². The van der Waals surface area contributed by atoms with Crippen molar-refractivity contribution in [3.63, 3.8) is 0 Å². The molecular weight excluding hydrogens is 497 g/mol. The fourth-order valence-corrected chi connectivity index (χ4v) is 7.01. The summed E-state index contributed by atoms with van der Waals surface area (Å²) in [5.41, 5.74) is 1.56. The normalized spacial score (nSPS) is 38.0. The van der Waals surface area contributed by atoms with E-state index in [9.17, 15) is 9.90 Å². The number of rotatable bonds is 3. The number of anilines is 1. The number of piperidine rings is 1. The first-order chi connectivity index (χ1) is 18.8. The van der Waals surface area contributed by atoms with Crippen molar-refractivity contribution >= 4 is 11.6 Å². The Morgan fingerprint density at radius 3 is 2.64 bits per heavy atom. The zero-order chi connectivity index (χ0) is 27.1. The van der Waals surface area contributed by atoms with E-state index >= 15 is 4.39 Å². The Kier molecular flexibility index (Phi) is 7.69. The van der Waals surface area contributed by atoms with E-state index < -0.39 is 5.60 Å². The molecule has 0 aliphatic carbocycles. The Morgan fingerprint density at radius 2 is 1.87 bits per heavy atom. The van der Waals surface area contributed by atoms with Crippen molar-refractivity contribution in [3.8, 4) is 0 Å². The molecule has 4 fully saturated rings. The van der Waals surface area contributed by atoms with E-state index in [-0.39, 0.29) is 48.7 Å². The lowest BCUT2D eigenvalue weighted by Gasteiger charge is -2.47. The van der Waals surface area contributed by atoms with Crippen LogP contribution >= 0.6 is 0 Å². The van der Waals surface area contributed by atoms with Gasteiger partial charge in [-0.15, -0.1) is 0 Å². The van der Waals surface area contributed by atoms with Crippen LogP contribution in [0.5, 0.6) is 0 Å². The Hall–Kier alpha value is -2.08. The number of aliphatic hydroxyl groups is 1. The molecule has 6 rings (SSSR count). The highest BCUT2D eigenvalue weighted by Crippen LogP contribution is 2.35. The minimum absolute atomic E-state index is 0.00504. The van der Waals surface area contributed by atoms with E-state index in [1.807, 2.05) is 6.92 Å². The predicted octanol–water partition coefficient (Wildman–Crippen LogP) is 1.37. The molecule has 5 aliphatic heterocycles. The first kappa shape index (κ1) is 27.1. The van der Waals surface area contributed by atoms with E-state index in [1.165, 1.54) is 17.3 Å². The minimum atomic E-state index is -0.936. The lowest BCUT2D eigenvalue weighted by Crippen LogP contribution is -2.68. The van der Waals surface area contributed by atoms with E-state index in [1.54, 1.807) is 5.01 Å². The second-order valence-electron chi connectivity index (χ2n) is 12.3. The maximum atomic E-state index is 15.0. The maximum Gasteiger partial charge on any atom is 0.244 e. The topological polar surface area (TPSA) is 86.3 Å². The van der Waals surface area contributed by atoms with Gasteiger partial charge in [0.1, 0.15) is 5.83 Å². The number of piperazine rings is 1. The molecule has 5 aliphatic rings. The number of likely N-dealkylation sites (N-methyl/N-ethyl adjacent to an activating group) is 1. The van der Waals surface area contributed by atoms with Crippen LogP contribution < -0.4 is 20.9 Å². The lowest BCUT2D eigenvalue weighted by molar-refractivity contribution is -0.147. The quantitative estimate of drug-likeness (QED) is 0.457. The number of benzene rings is 1. The number of hydrogen-bond donors (Lipinski definition) is 4. The van der Waals surface area contributed by atoms with E-state index in [4.69, 9.17) is 0 Å². The van der Waals surface area contributed by atoms with Crippen LogP contribution in [0.1, 0.15) is 44.6 Å². The molecule has 6 unspecified atom stereocenters. The third kappa shape index (κ3) is 5.60. The van der Waals surface area contributed by atoms with Gasteiger partial charge in [-0.25, -0.2) is 4.39 Å². The molecule has 0 radical (unpaired) electrons. The summed E-state index contributed by atoms with van der Waals surface area (Å²) in [6.07, 6.45) is 5.55. The molecule has 214 valence electrons. The summed E-state index contributed by atoms with van der Waals surface area (Å²) in [7, 11) is 2.17. The number of carbonyl (C=O) groups is 1. The summed E-state index contributed by atoms with van der Waals surface area (Å²) in [6.45, 7) is 6.60. The molecule has 1 amide bonds. The zero-order valence-corrected chi connectivity index (χ0v) is 23.3. The molecule has 6 atom stereocenters. The number of hydrogen-bond acceptors (Lipinski definition) is 8. The molecule has 2 bridgehead atoms. The lowest BCUT2D eigenvalue weighted by atomic mass is 9.85. The Balaban J connectivity index is 1.18. The van der Waals surface area contributed by atoms with Crippen LogP contribution in [0.4, 0.5) is 10.1 Å². The van der Waals surface area contributed by atoms with Crippen molar-refractivity contribution < 1.29 is 14.3 Å². The van der Waals surface area contributed by atoms with Crippen LogP contribution in [-0.2, 0) is 11.2 Å². The van der Waals surface area contributed by atoms with Crippen molar-refractivity contribution in [1.29, 1.82) is 0 Å². The average Bonchev–Trinajstić information content (AvgIpc) is 3.19. The first-order valence-electron chi connectivity index (χ1n) is 14.7. The second-order valence-corrected chi connectivity index (χ2v) is 12.3. The fourth-order valence-electron chi connectivity index (χ4n) is 7.01. The smallest absolute Gasteiger partial charge is 0.244 e. The van der Waals surface area contributed by atoms with Gasteiger partial charge in [-0.05, 0) is 63.8 Å². The van der Waals surface area contributed by atoms with Crippen molar-refractivity contribution in [3.05, 3.63) is 41.7 Å². The highest BCUT2D eigenvalue weighted by atomic mass is 19.1. The molecule has 10 heteroatoms. The molecule has 4 saturated heterocycles. The third-order valence-corrected chi connectivity index (χ3v) is 9.47. The molecule has 5 heterocycles. The SMILES string of the molecule is CN1CCN(c2ccc(CC3NCC4C(=O)N5C/C(F)=C\CCC(C)(O)C6CCCC(N6)N5C4N3)cc2)CC1. The van der Waals surface area contributed by atoms with Gasteiger partial charge in [0, 0.05) is 50.9 Å². The number of halogens is 1. The van der Waals surface area contributed by atoms with Gasteiger partial charge in [0.25, 0.3) is 0 Å². The monoisotopic (exact) mass is 541 g/mol. The number of amides is 1. The average molecular weight is 542 g/mol. The third-order valence-electron chi connectivity index (χ3n) is 9.47. The first-order valence-corrected chi connectivity index (χ1v) is 14.7. The van der Waals surface area contributed by atoms with Crippen molar-refractivity contribution in [2.24, 2.45) is 5.92 Å². The molecule has 39 heavy (non-hydrogen) atoms. The van der Waals surface area contributed by atoms with Gasteiger partial charge in [0.2, 0.25) is 5.91 Å². The van der Waals surface area contributed by atoms with Gasteiger partial charge >= 0.3 is 0 Å². The Bertz CT molecular complexity index is 1060. The Labute approximate surface area is 231 Å². The number of allylic oxidation sites excluding steroid dienone is 1. The van der Waals surface area contributed by atoms with E-state index in [2.05, 4.69) is 62.1 Å². The van der Waals surface area contributed by atoms with Crippen LogP contribution in [0, 0.1) is 5.92 Å². The highest BCUT2D eigenvalue weighted by molar-refractivity contribution is 5.82. The zero-order valence-electron chi connectivity index (χ0n) is 23.3. The summed E-state index contributed by atoms with van der Waals surface area (Å²) in [4.78, 5) is 18.4. The summed E-state index contributed by atoms with van der Waals surface area (Å²) in [5.74, 6) is -0.656. The number of carbonyl (C=O) groups excluding carboxylic acids is 1. The highest BCUT2D eigenvalue weighted by Gasteiger charge is 2.53. The molecule has 4 N–H and O–H groups in total. The molecule has 1 aromatic carbocycles. The van der Waals surface area contributed by atoms with Crippen molar-refractivity contribution in [2.75, 3.05) is 51.2 Å². The number of nitrogens with zero attached hydrogens (tertiary/aromatic N) is 4. The number of hydrazine groups is 1. The van der Waals surface area contributed by atoms with Gasteiger partial charge < -0.3 is 20.2 Å². The summed E-state index contributed by atoms with van der Waals surface area (Å²) in [6, 6.07) is 8.75. The minimum Gasteiger partial charge on any atom is -0.389 e. The molecule has 9 nitrogen and oxygen atoms in total. The number of nitrogens with one attached hydrogen (secondary N) is 3. The summed E-state index contributed by atoms with van der Waals surface area (Å²) in [5, 5.41) is 25.8. The van der Waals surface area contributed by atoms with Crippen LogP contribution in [0.2, 0.25) is 0 Å². The fraction of sp³-hybridized carbons (Fsp3) is 0.690. The van der Waals surface area contributed by atoms with Crippen LogP contribution in [0.3, 0.4) is 0 Å².